The van der Waals surface area contributed by atoms with Gasteiger partial charge in [0.15, 0.2) is 0 Å². The van der Waals surface area contributed by atoms with Crippen LogP contribution in [-0.2, 0) is 19.1 Å². The molecule has 0 aromatic heterocycles. The third-order valence-electron chi connectivity index (χ3n) is 1.40. The second-order valence-corrected chi connectivity index (χ2v) is 2.77. The van der Waals surface area contributed by atoms with E-state index in [0.29, 0.717) is 0 Å². The van der Waals surface area contributed by atoms with Crippen molar-refractivity contribution in [2.75, 3.05) is 26.9 Å². The van der Waals surface area contributed by atoms with Crippen LogP contribution in [0.4, 0.5) is 13.2 Å². The van der Waals surface area contributed by atoms with Crippen molar-refractivity contribution in [3.63, 3.8) is 0 Å². The van der Waals surface area contributed by atoms with Gasteiger partial charge >= 0.3 is 12.1 Å². The Morgan fingerprint density at radius 1 is 1.31 bits per heavy atom. The van der Waals surface area contributed by atoms with Crippen molar-refractivity contribution in [2.45, 2.75) is 12.6 Å². The van der Waals surface area contributed by atoms with Gasteiger partial charge in [0, 0.05) is 6.42 Å². The number of carbonyl (C=O) groups excluding carboxylic acids is 2. The number of carbonyl (C=O) groups is 2. The van der Waals surface area contributed by atoms with E-state index in [1.165, 1.54) is 0 Å². The fourth-order valence-corrected chi connectivity index (χ4v) is 0.684. The molecule has 1 N–H and O–H groups in total. The van der Waals surface area contributed by atoms with E-state index in [4.69, 9.17) is 0 Å². The topological polar surface area (TPSA) is 64.6 Å². The second-order valence-electron chi connectivity index (χ2n) is 2.77. The Kier molecular flexibility index (Phi) is 6.47. The Hall–Kier alpha value is -1.31. The summed E-state index contributed by atoms with van der Waals surface area (Å²) >= 11 is 0. The zero-order valence-electron chi connectivity index (χ0n) is 8.60. The number of amides is 1. The minimum Gasteiger partial charge on any atom is -0.468 e. The number of ether oxygens (including phenoxy) is 2. The molecular weight excluding hydrogens is 231 g/mol. The molecule has 0 aromatic rings. The summed E-state index contributed by atoms with van der Waals surface area (Å²) < 4.78 is 43.2. The number of nitrogens with one attached hydrogen (secondary N) is 1. The van der Waals surface area contributed by atoms with Crippen LogP contribution in [0.15, 0.2) is 0 Å². The largest absolute Gasteiger partial charge is 0.468 e. The van der Waals surface area contributed by atoms with Gasteiger partial charge in [0.2, 0.25) is 5.91 Å². The van der Waals surface area contributed by atoms with Gasteiger partial charge in [-0.15, -0.1) is 0 Å². The molecular formula is C8H12F3NO4. The Labute approximate surface area is 89.9 Å². The van der Waals surface area contributed by atoms with E-state index in [-0.39, 0.29) is 19.6 Å². The minimum absolute atomic E-state index is 0.243. The van der Waals surface area contributed by atoms with Crippen LogP contribution in [-0.4, -0.2) is 44.9 Å². The molecule has 0 heterocycles. The lowest BCUT2D eigenvalue weighted by molar-refractivity contribution is -0.174. The molecule has 0 unspecified atom stereocenters. The summed E-state index contributed by atoms with van der Waals surface area (Å²) in [5.74, 6) is -1.21. The Bertz CT molecular complexity index is 242. The van der Waals surface area contributed by atoms with Gasteiger partial charge in [0.05, 0.1) is 13.7 Å². The van der Waals surface area contributed by atoms with E-state index < -0.39 is 24.7 Å². The molecule has 0 fully saturated rings. The second kappa shape index (κ2) is 7.04. The highest BCUT2D eigenvalue weighted by atomic mass is 19.4. The Morgan fingerprint density at radius 2 is 1.94 bits per heavy atom. The van der Waals surface area contributed by atoms with Crippen LogP contribution in [0, 0.1) is 0 Å². The minimum atomic E-state index is -4.40. The van der Waals surface area contributed by atoms with Crippen molar-refractivity contribution in [3.8, 4) is 0 Å². The molecule has 0 atom stereocenters. The van der Waals surface area contributed by atoms with E-state index in [2.05, 4.69) is 14.8 Å². The fraction of sp³-hybridized carbons (Fsp3) is 0.750. The maximum atomic E-state index is 11.6. The van der Waals surface area contributed by atoms with Crippen LogP contribution < -0.4 is 5.32 Å². The molecule has 94 valence electrons. The summed E-state index contributed by atoms with van der Waals surface area (Å²) in [6.07, 6.45) is -4.64. The fourth-order valence-electron chi connectivity index (χ4n) is 0.684. The van der Waals surface area contributed by atoms with Gasteiger partial charge in [-0.1, -0.05) is 0 Å². The quantitative estimate of drug-likeness (QED) is 0.536. The van der Waals surface area contributed by atoms with Crippen LogP contribution in [0.2, 0.25) is 0 Å². The molecule has 0 spiro atoms. The molecule has 0 saturated carbocycles. The molecule has 8 heteroatoms. The number of esters is 1. The van der Waals surface area contributed by atoms with Gasteiger partial charge in [-0.05, 0) is 0 Å². The lowest BCUT2D eigenvalue weighted by Gasteiger charge is -2.07. The summed E-state index contributed by atoms with van der Waals surface area (Å²) in [5, 5.41) is 2.16. The van der Waals surface area contributed by atoms with E-state index in [1.54, 1.807) is 0 Å². The number of hydrogen-bond acceptors (Lipinski definition) is 4. The van der Waals surface area contributed by atoms with Crippen molar-refractivity contribution in [2.24, 2.45) is 0 Å². The predicted molar refractivity (Wildman–Crippen MR) is 46.5 cm³/mol. The maximum absolute atomic E-state index is 11.6. The third kappa shape index (κ3) is 9.25. The van der Waals surface area contributed by atoms with Gasteiger partial charge in [-0.25, -0.2) is 0 Å². The number of hydrogen-bond donors (Lipinski definition) is 1. The first kappa shape index (κ1) is 14.7. The Morgan fingerprint density at radius 3 is 2.44 bits per heavy atom. The highest BCUT2D eigenvalue weighted by Crippen LogP contribution is 2.14. The van der Waals surface area contributed by atoms with Crippen LogP contribution in [0.3, 0.4) is 0 Å². The number of alkyl halides is 3. The first-order valence-electron chi connectivity index (χ1n) is 4.33. The highest BCUT2D eigenvalue weighted by molar-refractivity contribution is 5.81. The normalized spacial score (nSPS) is 11.0. The molecule has 0 bridgehead atoms. The Balaban J connectivity index is 3.48. The smallest absolute Gasteiger partial charge is 0.411 e. The van der Waals surface area contributed by atoms with Gasteiger partial charge in [-0.3, -0.25) is 9.59 Å². The molecule has 0 aliphatic heterocycles. The lowest BCUT2D eigenvalue weighted by Crippen LogP contribution is -2.31. The standard InChI is InChI=1S/C8H12F3NO4/c1-15-7(14)4-12-6(13)2-3-16-5-8(9,10)11/h2-5H2,1H3,(H,12,13). The van der Waals surface area contributed by atoms with Gasteiger partial charge in [0.1, 0.15) is 13.2 Å². The molecule has 0 rings (SSSR count). The highest BCUT2D eigenvalue weighted by Gasteiger charge is 2.27. The van der Waals surface area contributed by atoms with Crippen LogP contribution in [0.5, 0.6) is 0 Å². The monoisotopic (exact) mass is 243 g/mol. The van der Waals surface area contributed by atoms with Crippen LogP contribution >= 0.6 is 0 Å². The zero-order chi connectivity index (χ0) is 12.6. The average molecular weight is 243 g/mol. The molecule has 16 heavy (non-hydrogen) atoms. The van der Waals surface area contributed by atoms with Gasteiger partial charge in [0.25, 0.3) is 0 Å². The summed E-state index contributed by atoms with van der Waals surface area (Å²) in [6, 6.07) is 0. The summed E-state index contributed by atoms with van der Waals surface area (Å²) in [4.78, 5) is 21.5. The first-order chi connectivity index (χ1) is 7.35. The SMILES string of the molecule is COC(=O)CNC(=O)CCOCC(F)(F)F. The van der Waals surface area contributed by atoms with Crippen molar-refractivity contribution in [1.29, 1.82) is 0 Å². The summed E-state index contributed by atoms with van der Waals surface area (Å²) in [7, 11) is 1.15. The zero-order valence-corrected chi connectivity index (χ0v) is 8.60. The van der Waals surface area contributed by atoms with Gasteiger partial charge < -0.3 is 14.8 Å². The number of rotatable bonds is 6. The van der Waals surface area contributed by atoms with Crippen molar-refractivity contribution < 1.29 is 32.2 Å². The van der Waals surface area contributed by atoms with E-state index in [9.17, 15) is 22.8 Å². The molecule has 0 radical (unpaired) electrons. The first-order valence-corrected chi connectivity index (χ1v) is 4.33. The molecule has 0 aromatic carbocycles. The van der Waals surface area contributed by atoms with E-state index in [0.717, 1.165) is 7.11 Å². The molecule has 0 saturated heterocycles. The molecule has 1 amide bonds. The summed E-state index contributed by atoms with van der Waals surface area (Å²) in [5.41, 5.74) is 0. The summed E-state index contributed by atoms with van der Waals surface area (Å²) in [6.45, 7) is -2.06. The lowest BCUT2D eigenvalue weighted by atomic mass is 10.4. The number of methoxy groups -OCH3 is 1. The van der Waals surface area contributed by atoms with Crippen LogP contribution in [0.1, 0.15) is 6.42 Å². The molecule has 0 aliphatic carbocycles. The predicted octanol–water partition coefficient (Wildman–Crippen LogP) is 0.245. The van der Waals surface area contributed by atoms with Crippen molar-refractivity contribution in [1.82, 2.24) is 5.32 Å². The maximum Gasteiger partial charge on any atom is 0.411 e. The van der Waals surface area contributed by atoms with E-state index in [1.807, 2.05) is 0 Å². The number of halogens is 3. The van der Waals surface area contributed by atoms with Crippen LogP contribution in [0.25, 0.3) is 0 Å². The third-order valence-corrected chi connectivity index (χ3v) is 1.40. The molecule has 0 aliphatic rings. The van der Waals surface area contributed by atoms with E-state index >= 15 is 0 Å². The van der Waals surface area contributed by atoms with Crippen molar-refractivity contribution >= 4 is 11.9 Å². The van der Waals surface area contributed by atoms with Gasteiger partial charge in [-0.2, -0.15) is 13.2 Å². The molecule has 5 nitrogen and oxygen atoms in total. The average Bonchev–Trinajstić information content (AvgIpc) is 2.19. The van der Waals surface area contributed by atoms with Crippen molar-refractivity contribution in [3.05, 3.63) is 0 Å².